The molecule has 0 saturated carbocycles. The number of aromatic nitrogens is 3. The molecule has 3 aromatic rings. The molecule has 0 fully saturated rings. The Morgan fingerprint density at radius 2 is 1.81 bits per heavy atom. The third kappa shape index (κ3) is 4.18. The molecule has 0 bridgehead atoms. The van der Waals surface area contributed by atoms with Gasteiger partial charge in [0.05, 0.1) is 20.4 Å². The molecule has 0 amide bonds. The zero-order valence-electron chi connectivity index (χ0n) is 15.0. The Morgan fingerprint density at radius 1 is 1.00 bits per heavy atom. The Labute approximate surface area is 152 Å². The van der Waals surface area contributed by atoms with Crippen LogP contribution in [0.4, 0.5) is 17.5 Å². The van der Waals surface area contributed by atoms with Gasteiger partial charge in [-0.05, 0) is 30.2 Å². The molecule has 7 nitrogen and oxygen atoms in total. The third-order valence-electron chi connectivity index (χ3n) is 3.91. The molecule has 26 heavy (non-hydrogen) atoms. The van der Waals surface area contributed by atoms with Gasteiger partial charge in [0.15, 0.2) is 17.3 Å². The van der Waals surface area contributed by atoms with Crippen molar-refractivity contribution in [3.8, 4) is 11.5 Å². The van der Waals surface area contributed by atoms with Crippen molar-refractivity contribution in [2.24, 2.45) is 0 Å². The van der Waals surface area contributed by atoms with E-state index in [1.165, 1.54) is 11.1 Å². The van der Waals surface area contributed by atoms with Gasteiger partial charge in [0.2, 0.25) is 5.95 Å². The monoisotopic (exact) mass is 351 g/mol. The highest BCUT2D eigenvalue weighted by Crippen LogP contribution is 2.30. The maximum absolute atomic E-state index is 5.31. The van der Waals surface area contributed by atoms with Crippen LogP contribution < -0.4 is 20.1 Å². The van der Waals surface area contributed by atoms with Crippen molar-refractivity contribution in [1.29, 1.82) is 0 Å². The third-order valence-corrected chi connectivity index (χ3v) is 3.91. The van der Waals surface area contributed by atoms with Crippen molar-refractivity contribution in [2.45, 2.75) is 13.5 Å². The topological polar surface area (TPSA) is 81.2 Å². The number of hydrogen-bond acceptors (Lipinski definition) is 7. The van der Waals surface area contributed by atoms with E-state index in [2.05, 4.69) is 44.9 Å². The van der Waals surface area contributed by atoms with Gasteiger partial charge in [0.1, 0.15) is 0 Å². The fraction of sp³-hybridized carbons (Fsp3) is 0.211. The number of rotatable bonds is 7. The van der Waals surface area contributed by atoms with Gasteiger partial charge >= 0.3 is 0 Å². The first-order valence-electron chi connectivity index (χ1n) is 8.16. The van der Waals surface area contributed by atoms with Crippen LogP contribution in [0.5, 0.6) is 11.5 Å². The second-order valence-corrected chi connectivity index (χ2v) is 5.64. The maximum atomic E-state index is 5.31. The molecule has 0 atom stereocenters. The van der Waals surface area contributed by atoms with Crippen LogP contribution in [-0.4, -0.2) is 29.4 Å². The number of nitrogens with one attached hydrogen (secondary N) is 2. The molecule has 0 radical (unpaired) electrons. The molecule has 3 rings (SSSR count). The van der Waals surface area contributed by atoms with Crippen molar-refractivity contribution >= 4 is 17.5 Å². The van der Waals surface area contributed by atoms with Gasteiger partial charge in [0.25, 0.3) is 0 Å². The molecule has 0 aliphatic rings. The second-order valence-electron chi connectivity index (χ2n) is 5.64. The lowest BCUT2D eigenvalue weighted by atomic mass is 10.1. The van der Waals surface area contributed by atoms with Gasteiger partial charge in [-0.25, -0.2) is 0 Å². The molecule has 0 unspecified atom stereocenters. The number of benzene rings is 2. The normalized spacial score (nSPS) is 10.3. The van der Waals surface area contributed by atoms with E-state index < -0.39 is 0 Å². The molecule has 0 aliphatic heterocycles. The molecule has 0 aliphatic carbocycles. The minimum absolute atomic E-state index is 0.457. The average molecular weight is 351 g/mol. The van der Waals surface area contributed by atoms with Crippen molar-refractivity contribution in [3.05, 3.63) is 59.8 Å². The molecule has 2 aromatic carbocycles. The van der Waals surface area contributed by atoms with Crippen molar-refractivity contribution < 1.29 is 9.47 Å². The number of hydrogen-bond donors (Lipinski definition) is 2. The van der Waals surface area contributed by atoms with Gasteiger partial charge in [-0.15, -0.1) is 5.10 Å². The zero-order valence-corrected chi connectivity index (χ0v) is 15.0. The lowest BCUT2D eigenvalue weighted by Crippen LogP contribution is -2.07. The summed E-state index contributed by atoms with van der Waals surface area (Å²) in [5.74, 6) is 2.34. The van der Waals surface area contributed by atoms with E-state index in [0.29, 0.717) is 29.8 Å². The summed E-state index contributed by atoms with van der Waals surface area (Å²) in [6.07, 6.45) is 1.57. The van der Waals surface area contributed by atoms with E-state index in [0.717, 1.165) is 5.69 Å². The van der Waals surface area contributed by atoms with Crippen LogP contribution in [0, 0.1) is 6.92 Å². The van der Waals surface area contributed by atoms with Crippen LogP contribution in [0.3, 0.4) is 0 Å². The molecule has 134 valence electrons. The molecule has 7 heteroatoms. The standard InChI is InChI=1S/C19H21N5O2/c1-13-6-4-5-7-14(13)11-20-19-23-18(12-21-24-19)22-15-8-9-16(25-2)17(10-15)26-3/h4-10,12H,11H2,1-3H3,(H2,20,22,23,24). The summed E-state index contributed by atoms with van der Waals surface area (Å²) in [5.41, 5.74) is 3.22. The Hall–Kier alpha value is -3.35. The fourth-order valence-electron chi connectivity index (χ4n) is 2.48. The smallest absolute Gasteiger partial charge is 0.244 e. The highest BCUT2D eigenvalue weighted by molar-refractivity contribution is 5.61. The zero-order chi connectivity index (χ0) is 18.4. The lowest BCUT2D eigenvalue weighted by molar-refractivity contribution is 0.355. The van der Waals surface area contributed by atoms with Crippen LogP contribution in [0.2, 0.25) is 0 Å². The van der Waals surface area contributed by atoms with E-state index in [9.17, 15) is 0 Å². The van der Waals surface area contributed by atoms with Gasteiger partial charge in [-0.2, -0.15) is 10.1 Å². The number of nitrogens with zero attached hydrogens (tertiary/aromatic N) is 3. The largest absolute Gasteiger partial charge is 0.493 e. The van der Waals surface area contributed by atoms with Gasteiger partial charge in [0, 0.05) is 18.3 Å². The lowest BCUT2D eigenvalue weighted by Gasteiger charge is -2.11. The highest BCUT2D eigenvalue weighted by Gasteiger charge is 2.07. The number of methoxy groups -OCH3 is 2. The molecule has 2 N–H and O–H groups in total. The first-order valence-corrected chi connectivity index (χ1v) is 8.16. The first kappa shape index (κ1) is 17.5. The van der Waals surface area contributed by atoms with Crippen LogP contribution >= 0.6 is 0 Å². The van der Waals surface area contributed by atoms with Crippen molar-refractivity contribution in [2.75, 3.05) is 24.9 Å². The fourth-order valence-corrected chi connectivity index (χ4v) is 2.48. The van der Waals surface area contributed by atoms with E-state index in [1.807, 2.05) is 30.3 Å². The van der Waals surface area contributed by atoms with Gasteiger partial charge < -0.3 is 20.1 Å². The number of ether oxygens (including phenoxy) is 2. The quantitative estimate of drug-likeness (QED) is 0.673. The van der Waals surface area contributed by atoms with Crippen molar-refractivity contribution in [1.82, 2.24) is 15.2 Å². The van der Waals surface area contributed by atoms with Gasteiger partial charge in [-0.3, -0.25) is 0 Å². The predicted octanol–water partition coefficient (Wildman–Crippen LogP) is 3.55. The van der Waals surface area contributed by atoms with Crippen LogP contribution in [0.1, 0.15) is 11.1 Å². The number of anilines is 3. The summed E-state index contributed by atoms with van der Waals surface area (Å²) in [6.45, 7) is 2.71. The summed E-state index contributed by atoms with van der Waals surface area (Å²) >= 11 is 0. The SMILES string of the molecule is COc1ccc(Nc2cnnc(NCc3ccccc3C)n2)cc1OC. The molecular weight excluding hydrogens is 330 g/mol. The van der Waals surface area contributed by atoms with E-state index in [-0.39, 0.29) is 0 Å². The molecule has 1 heterocycles. The summed E-state index contributed by atoms with van der Waals surface area (Å²) < 4.78 is 10.6. The van der Waals surface area contributed by atoms with E-state index in [1.54, 1.807) is 20.4 Å². The Kier molecular flexibility index (Phi) is 5.48. The predicted molar refractivity (Wildman–Crippen MR) is 101 cm³/mol. The highest BCUT2D eigenvalue weighted by atomic mass is 16.5. The Balaban J connectivity index is 1.70. The summed E-state index contributed by atoms with van der Waals surface area (Å²) in [4.78, 5) is 4.44. The Bertz CT molecular complexity index is 885. The Morgan fingerprint density at radius 3 is 2.58 bits per heavy atom. The van der Waals surface area contributed by atoms with Gasteiger partial charge in [-0.1, -0.05) is 24.3 Å². The molecule has 0 saturated heterocycles. The van der Waals surface area contributed by atoms with Crippen LogP contribution in [0.25, 0.3) is 0 Å². The average Bonchev–Trinajstić information content (AvgIpc) is 2.67. The molecule has 1 aromatic heterocycles. The molecule has 0 spiro atoms. The summed E-state index contributed by atoms with van der Waals surface area (Å²) in [5, 5.41) is 14.4. The van der Waals surface area contributed by atoms with Crippen LogP contribution in [-0.2, 0) is 6.54 Å². The number of aryl methyl sites for hydroxylation is 1. The minimum atomic E-state index is 0.457. The molecular formula is C19H21N5O2. The minimum Gasteiger partial charge on any atom is -0.493 e. The van der Waals surface area contributed by atoms with E-state index >= 15 is 0 Å². The maximum Gasteiger partial charge on any atom is 0.244 e. The summed E-state index contributed by atoms with van der Waals surface area (Å²) in [7, 11) is 3.20. The van der Waals surface area contributed by atoms with Crippen molar-refractivity contribution in [3.63, 3.8) is 0 Å². The van der Waals surface area contributed by atoms with E-state index in [4.69, 9.17) is 9.47 Å². The summed E-state index contributed by atoms with van der Waals surface area (Å²) in [6, 6.07) is 13.7. The second kappa shape index (κ2) is 8.15. The first-order chi connectivity index (χ1) is 12.7. The van der Waals surface area contributed by atoms with Crippen LogP contribution in [0.15, 0.2) is 48.7 Å².